The van der Waals surface area contributed by atoms with Gasteiger partial charge in [-0.25, -0.2) is 4.79 Å². The van der Waals surface area contributed by atoms with E-state index < -0.39 is 35.8 Å². The van der Waals surface area contributed by atoms with Gasteiger partial charge in [0.1, 0.15) is 5.75 Å². The molecular formula is C20H18N5NaO5. The van der Waals surface area contributed by atoms with Crippen molar-refractivity contribution in [3.05, 3.63) is 71.0 Å². The number of aromatic nitrogens is 3. The van der Waals surface area contributed by atoms with E-state index >= 15 is 0 Å². The standard InChI is InChI=1S/C20H19N5O5.Na/c1-25-8-5-16(26)18(19(25)29)24-20(30)23-14(10-17(27)28)12-3-2-4-13(9-12)15-11-21-6-7-22-15;/h2-9,11,14,26H,10H2,1H3,(H,27,28)(H2,23,24,30);/q;+1/p-1/t14-;/m0./s1. The smallest absolute Gasteiger partial charge is 0.550 e. The number of carboxylic acids is 1. The first-order chi connectivity index (χ1) is 14.3. The van der Waals surface area contributed by atoms with Gasteiger partial charge in [0.05, 0.1) is 17.9 Å². The van der Waals surface area contributed by atoms with Crippen LogP contribution in [0.25, 0.3) is 11.3 Å². The SMILES string of the molecule is Cn1ccc(O)c(NC(=O)N[C@@H](CC(=O)[O-])c2cccc(-c3cnccn3)c2)c1=O.[Na+]. The molecule has 3 aromatic rings. The Bertz CT molecular complexity index is 1140. The molecule has 0 fully saturated rings. The molecule has 3 N–H and O–H groups in total. The maximum atomic E-state index is 12.4. The van der Waals surface area contributed by atoms with E-state index in [0.29, 0.717) is 16.8 Å². The van der Waals surface area contributed by atoms with Crippen molar-refractivity contribution < 1.29 is 49.4 Å². The summed E-state index contributed by atoms with van der Waals surface area (Å²) in [6, 6.07) is 6.23. The molecule has 0 saturated heterocycles. The van der Waals surface area contributed by atoms with Crippen molar-refractivity contribution in [3.63, 3.8) is 0 Å². The minimum Gasteiger partial charge on any atom is -0.550 e. The Morgan fingerprint density at radius 1 is 1.26 bits per heavy atom. The van der Waals surface area contributed by atoms with Gasteiger partial charge in [0.2, 0.25) is 0 Å². The number of nitrogens with zero attached hydrogens (tertiary/aromatic N) is 3. The van der Waals surface area contributed by atoms with Gasteiger partial charge in [-0.15, -0.1) is 0 Å². The summed E-state index contributed by atoms with van der Waals surface area (Å²) in [5, 5.41) is 25.9. The summed E-state index contributed by atoms with van der Waals surface area (Å²) in [7, 11) is 1.46. The summed E-state index contributed by atoms with van der Waals surface area (Å²) in [5.41, 5.74) is 0.807. The molecule has 0 aliphatic heterocycles. The van der Waals surface area contributed by atoms with Gasteiger partial charge < -0.3 is 30.2 Å². The number of carboxylic acid groups (broad SMARTS) is 1. The molecule has 0 bridgehead atoms. The van der Waals surface area contributed by atoms with Crippen molar-refractivity contribution in [1.82, 2.24) is 19.9 Å². The van der Waals surface area contributed by atoms with Gasteiger partial charge in [0.15, 0.2) is 5.69 Å². The van der Waals surface area contributed by atoms with E-state index in [1.807, 2.05) is 0 Å². The summed E-state index contributed by atoms with van der Waals surface area (Å²) < 4.78 is 1.18. The molecule has 0 aliphatic carbocycles. The molecule has 0 radical (unpaired) electrons. The summed E-state index contributed by atoms with van der Waals surface area (Å²) in [5.74, 6) is -1.78. The molecule has 10 nitrogen and oxygen atoms in total. The molecular weight excluding hydrogens is 413 g/mol. The minimum absolute atomic E-state index is 0. The van der Waals surface area contributed by atoms with Crippen LogP contribution in [0.4, 0.5) is 10.5 Å². The predicted molar refractivity (Wildman–Crippen MR) is 105 cm³/mol. The quantitative estimate of drug-likeness (QED) is 0.367. The summed E-state index contributed by atoms with van der Waals surface area (Å²) in [4.78, 5) is 44.0. The van der Waals surface area contributed by atoms with Crippen LogP contribution in [-0.2, 0) is 11.8 Å². The topological polar surface area (TPSA) is 149 Å². The Balaban J connectivity index is 0.00000341. The monoisotopic (exact) mass is 431 g/mol. The van der Waals surface area contributed by atoms with Crippen molar-refractivity contribution in [2.75, 3.05) is 5.32 Å². The van der Waals surface area contributed by atoms with Gasteiger partial charge in [-0.3, -0.25) is 14.8 Å². The molecule has 0 spiro atoms. The van der Waals surface area contributed by atoms with E-state index in [9.17, 15) is 24.6 Å². The van der Waals surface area contributed by atoms with Gasteiger partial charge in [0.25, 0.3) is 5.56 Å². The van der Waals surface area contributed by atoms with Crippen LogP contribution in [0.3, 0.4) is 0 Å². The summed E-state index contributed by atoms with van der Waals surface area (Å²) in [6.45, 7) is 0. The number of hydrogen-bond acceptors (Lipinski definition) is 7. The molecule has 0 aliphatic rings. The van der Waals surface area contributed by atoms with E-state index in [1.165, 1.54) is 36.3 Å². The maximum absolute atomic E-state index is 12.4. The first kappa shape index (κ1) is 24.1. The molecule has 0 unspecified atom stereocenters. The van der Waals surface area contributed by atoms with Gasteiger partial charge >= 0.3 is 35.6 Å². The second-order valence-electron chi connectivity index (χ2n) is 6.44. The van der Waals surface area contributed by atoms with E-state index in [2.05, 4.69) is 20.6 Å². The number of anilines is 1. The number of carbonyl (C=O) groups is 2. The molecule has 31 heavy (non-hydrogen) atoms. The fourth-order valence-electron chi connectivity index (χ4n) is 2.83. The van der Waals surface area contributed by atoms with E-state index in [-0.39, 0.29) is 35.2 Å². The number of aryl methyl sites for hydroxylation is 1. The zero-order chi connectivity index (χ0) is 21.7. The zero-order valence-electron chi connectivity index (χ0n) is 16.9. The number of urea groups is 1. The zero-order valence-corrected chi connectivity index (χ0v) is 18.9. The van der Waals surface area contributed by atoms with Crippen molar-refractivity contribution >= 4 is 17.7 Å². The Labute approximate surface area is 199 Å². The number of pyridine rings is 1. The molecule has 154 valence electrons. The molecule has 11 heteroatoms. The fourth-order valence-corrected chi connectivity index (χ4v) is 2.83. The average molecular weight is 431 g/mol. The van der Waals surface area contributed by atoms with Crippen LogP contribution in [0.15, 0.2) is 59.9 Å². The van der Waals surface area contributed by atoms with Crippen molar-refractivity contribution in [2.45, 2.75) is 12.5 Å². The maximum Gasteiger partial charge on any atom is 1.00 e. The Morgan fingerprint density at radius 3 is 2.71 bits per heavy atom. The number of hydrogen-bond donors (Lipinski definition) is 3. The molecule has 1 atom stereocenters. The largest absolute Gasteiger partial charge is 1.00 e. The average Bonchev–Trinajstić information content (AvgIpc) is 2.74. The molecule has 2 amide bonds. The first-order valence-electron chi connectivity index (χ1n) is 8.87. The van der Waals surface area contributed by atoms with Crippen LogP contribution in [-0.4, -0.2) is 31.6 Å². The third-order valence-electron chi connectivity index (χ3n) is 4.31. The molecule has 2 aromatic heterocycles. The number of rotatable bonds is 6. The van der Waals surface area contributed by atoms with Crippen LogP contribution in [0.5, 0.6) is 5.75 Å². The number of carbonyl (C=O) groups excluding carboxylic acids is 2. The second-order valence-corrected chi connectivity index (χ2v) is 6.44. The van der Waals surface area contributed by atoms with Gasteiger partial charge in [-0.1, -0.05) is 18.2 Å². The number of aromatic hydroxyl groups is 1. The van der Waals surface area contributed by atoms with Gasteiger partial charge in [-0.2, -0.15) is 0 Å². The van der Waals surface area contributed by atoms with Crippen molar-refractivity contribution in [3.8, 4) is 17.0 Å². The Hall–Kier alpha value is -3.21. The van der Waals surface area contributed by atoms with Crippen LogP contribution in [0, 0.1) is 0 Å². The summed E-state index contributed by atoms with van der Waals surface area (Å²) >= 11 is 0. The van der Waals surface area contributed by atoms with E-state index in [0.717, 1.165) is 0 Å². The summed E-state index contributed by atoms with van der Waals surface area (Å²) in [6.07, 6.45) is 5.45. The van der Waals surface area contributed by atoms with Crippen LogP contribution >= 0.6 is 0 Å². The number of nitrogens with one attached hydrogen (secondary N) is 2. The van der Waals surface area contributed by atoms with Crippen LogP contribution < -0.4 is 50.9 Å². The molecule has 0 saturated carbocycles. The van der Waals surface area contributed by atoms with Gasteiger partial charge in [0, 0.05) is 43.6 Å². The van der Waals surface area contributed by atoms with Crippen LogP contribution in [0.1, 0.15) is 18.0 Å². The Morgan fingerprint density at radius 2 is 2.03 bits per heavy atom. The number of aliphatic carboxylic acids is 1. The first-order valence-corrected chi connectivity index (χ1v) is 8.87. The normalized spacial score (nSPS) is 11.1. The van der Waals surface area contributed by atoms with Gasteiger partial charge in [-0.05, 0) is 17.7 Å². The molecule has 1 aromatic carbocycles. The van der Waals surface area contributed by atoms with Crippen molar-refractivity contribution in [1.29, 1.82) is 0 Å². The number of amides is 2. The Kier molecular flexibility index (Phi) is 8.31. The van der Waals surface area contributed by atoms with Crippen LogP contribution in [0.2, 0.25) is 0 Å². The van der Waals surface area contributed by atoms with Crippen molar-refractivity contribution in [2.24, 2.45) is 7.05 Å². The van der Waals surface area contributed by atoms with E-state index in [1.54, 1.807) is 30.5 Å². The second kappa shape index (κ2) is 10.7. The fraction of sp³-hybridized carbons (Fsp3) is 0.150. The van der Waals surface area contributed by atoms with E-state index in [4.69, 9.17) is 0 Å². The third kappa shape index (κ3) is 6.14. The molecule has 3 rings (SSSR count). The predicted octanol–water partition coefficient (Wildman–Crippen LogP) is -2.45. The molecule has 2 heterocycles. The number of benzene rings is 1. The third-order valence-corrected chi connectivity index (χ3v) is 4.31. The minimum atomic E-state index is -1.37.